The van der Waals surface area contributed by atoms with E-state index in [4.69, 9.17) is 0 Å². The molecular weight excluding hydrogens is 304 g/mol. The lowest BCUT2D eigenvalue weighted by Crippen LogP contribution is -2.45. The van der Waals surface area contributed by atoms with Crippen molar-refractivity contribution < 1.29 is 14.7 Å². The first kappa shape index (κ1) is 14.3. The Morgan fingerprint density at radius 1 is 1.17 bits per heavy atom. The van der Waals surface area contributed by atoms with Crippen LogP contribution >= 0.6 is 0 Å². The van der Waals surface area contributed by atoms with E-state index in [1.54, 1.807) is 0 Å². The van der Waals surface area contributed by atoms with Crippen LogP contribution in [0.25, 0.3) is 0 Å². The summed E-state index contributed by atoms with van der Waals surface area (Å²) in [6.45, 7) is 1.12. The maximum absolute atomic E-state index is 11.9. The normalized spacial score (nSPS) is 37.0. The molecule has 6 rings (SSSR count). The Balaban J connectivity index is 1.49. The number of piperidine rings is 1. The summed E-state index contributed by atoms with van der Waals surface area (Å²) in [6, 6.07) is 0.358. The number of carboxylic acids is 1. The second-order valence-corrected chi connectivity index (χ2v) is 7.77. The van der Waals surface area contributed by atoms with Gasteiger partial charge in [-0.25, -0.2) is 0 Å². The first-order chi connectivity index (χ1) is 11.6. The van der Waals surface area contributed by atoms with E-state index < -0.39 is 5.97 Å². The summed E-state index contributed by atoms with van der Waals surface area (Å²) in [6.07, 6.45) is 11.7. The Morgan fingerprint density at radius 2 is 2.00 bits per heavy atom. The van der Waals surface area contributed by atoms with Gasteiger partial charge in [0.05, 0.1) is 12.5 Å². The number of ketones is 1. The maximum atomic E-state index is 11.9. The predicted molar refractivity (Wildman–Crippen MR) is 87.6 cm³/mol. The lowest BCUT2D eigenvalue weighted by molar-refractivity contribution is -0.142. The number of fused-ring (bicyclic) bond motifs is 2. The molecule has 5 nitrogen and oxygen atoms in total. The molecule has 5 heteroatoms. The molecule has 3 fully saturated rings. The Labute approximate surface area is 141 Å². The number of hydrogen-bond acceptors (Lipinski definition) is 4. The number of allylic oxidation sites excluding steroid dienone is 4. The summed E-state index contributed by atoms with van der Waals surface area (Å²) in [5.41, 5.74) is 3.51. The molecule has 0 amide bonds. The van der Waals surface area contributed by atoms with E-state index in [-0.39, 0.29) is 17.8 Å². The number of carboxylic acid groups (broad SMARTS) is 1. The van der Waals surface area contributed by atoms with Crippen molar-refractivity contribution in [3.8, 4) is 0 Å². The topological polar surface area (TPSA) is 60.9 Å². The number of Topliss-reactive ketones (excluding diaryl/α,β-unsaturated/α-hetero) is 1. The molecule has 4 atom stereocenters. The van der Waals surface area contributed by atoms with Crippen LogP contribution in [0.5, 0.6) is 0 Å². The van der Waals surface area contributed by atoms with Crippen molar-refractivity contribution in [1.82, 2.24) is 9.80 Å². The van der Waals surface area contributed by atoms with Crippen molar-refractivity contribution in [1.29, 1.82) is 0 Å². The number of aliphatic carboxylic acids is 1. The van der Waals surface area contributed by atoms with Gasteiger partial charge in [0, 0.05) is 42.0 Å². The fraction of sp³-hybridized carbons (Fsp3) is 0.579. The smallest absolute Gasteiger partial charge is 0.308 e. The first-order valence-electron chi connectivity index (χ1n) is 9.05. The second kappa shape index (κ2) is 4.98. The van der Waals surface area contributed by atoms with Crippen molar-refractivity contribution in [3.05, 3.63) is 35.3 Å². The van der Waals surface area contributed by atoms with Crippen molar-refractivity contribution in [2.75, 3.05) is 13.1 Å². The van der Waals surface area contributed by atoms with Crippen LogP contribution in [0, 0.1) is 17.8 Å². The highest BCUT2D eigenvalue weighted by Crippen LogP contribution is 2.45. The van der Waals surface area contributed by atoms with Crippen molar-refractivity contribution >= 4 is 11.8 Å². The van der Waals surface area contributed by atoms with Gasteiger partial charge in [-0.2, -0.15) is 0 Å². The third kappa shape index (κ3) is 1.93. The fourth-order valence-electron chi connectivity index (χ4n) is 5.36. The van der Waals surface area contributed by atoms with Crippen molar-refractivity contribution in [2.45, 2.75) is 38.1 Å². The van der Waals surface area contributed by atoms with Gasteiger partial charge in [-0.05, 0) is 37.0 Å². The number of carbonyl (C=O) groups excluding carboxylic acids is 1. The van der Waals surface area contributed by atoms with Gasteiger partial charge < -0.3 is 14.9 Å². The Hall–Kier alpha value is -2.04. The molecule has 5 aliphatic heterocycles. The van der Waals surface area contributed by atoms with Crippen LogP contribution < -0.4 is 0 Å². The standard InChI is InChI=1S/C19H22N2O3/c22-18-10-20-12-5-11(18)6-13(20)8-14(7-12)21-9-16(19(23)24)15-3-1-2-4-17(15)21/h5,7-8,11,15-17H,1-4,6,9-10H2,(H,23,24)/t11-,15?,16?,17?/m1/s1. The zero-order valence-corrected chi connectivity index (χ0v) is 13.6. The molecule has 5 heterocycles. The van der Waals surface area contributed by atoms with Gasteiger partial charge in [0.2, 0.25) is 0 Å². The highest BCUT2D eigenvalue weighted by molar-refractivity contribution is 5.88. The highest BCUT2D eigenvalue weighted by atomic mass is 16.4. The van der Waals surface area contributed by atoms with Gasteiger partial charge in [-0.3, -0.25) is 9.59 Å². The Bertz CT molecular complexity index is 720. The average Bonchev–Trinajstić information content (AvgIpc) is 2.94. The van der Waals surface area contributed by atoms with Crippen LogP contribution in [0.2, 0.25) is 0 Å². The van der Waals surface area contributed by atoms with Crippen LogP contribution in [0.15, 0.2) is 35.3 Å². The molecule has 1 N–H and O–H groups in total. The molecule has 3 unspecified atom stereocenters. The average molecular weight is 326 g/mol. The summed E-state index contributed by atoms with van der Waals surface area (Å²) in [7, 11) is 0. The zero-order valence-electron chi connectivity index (χ0n) is 13.6. The van der Waals surface area contributed by atoms with Gasteiger partial charge in [-0.15, -0.1) is 0 Å². The predicted octanol–water partition coefficient (Wildman–Crippen LogP) is 2.13. The molecule has 1 saturated carbocycles. The summed E-state index contributed by atoms with van der Waals surface area (Å²) in [4.78, 5) is 28.1. The molecule has 0 aromatic carbocycles. The molecular formula is C19H22N2O3. The zero-order chi connectivity index (χ0) is 16.4. The van der Waals surface area contributed by atoms with Gasteiger partial charge in [0.15, 0.2) is 5.78 Å². The van der Waals surface area contributed by atoms with Crippen LogP contribution in [-0.4, -0.2) is 45.8 Å². The van der Waals surface area contributed by atoms with E-state index >= 15 is 0 Å². The summed E-state index contributed by atoms with van der Waals surface area (Å²) in [5.74, 6) is -0.256. The molecule has 1 aliphatic carbocycles. The molecule has 0 spiro atoms. The fourth-order valence-corrected chi connectivity index (χ4v) is 5.36. The number of hydrogen-bond donors (Lipinski definition) is 1. The van der Waals surface area contributed by atoms with Crippen molar-refractivity contribution in [2.24, 2.45) is 17.8 Å². The minimum absolute atomic E-state index is 0.0434. The number of likely N-dealkylation sites (tertiary alicyclic amines) is 1. The molecule has 2 saturated heterocycles. The second-order valence-electron chi connectivity index (χ2n) is 7.77. The van der Waals surface area contributed by atoms with E-state index in [0.717, 1.165) is 37.1 Å². The molecule has 0 aromatic rings. The van der Waals surface area contributed by atoms with E-state index in [1.807, 2.05) is 0 Å². The minimum atomic E-state index is -0.647. The van der Waals surface area contributed by atoms with Crippen LogP contribution in [-0.2, 0) is 9.59 Å². The van der Waals surface area contributed by atoms with Gasteiger partial charge in [0.25, 0.3) is 0 Å². The largest absolute Gasteiger partial charge is 0.481 e. The summed E-state index contributed by atoms with van der Waals surface area (Å²) < 4.78 is 0. The molecule has 24 heavy (non-hydrogen) atoms. The number of carbonyl (C=O) groups is 2. The Morgan fingerprint density at radius 3 is 2.75 bits per heavy atom. The monoisotopic (exact) mass is 326 g/mol. The van der Waals surface area contributed by atoms with Crippen LogP contribution in [0.4, 0.5) is 0 Å². The quantitative estimate of drug-likeness (QED) is 0.842. The SMILES string of the molecule is O=C(O)C1CN(C2=CC3=C[C@@H]4CC(=C2)N3CC4=O)C2CCCCC12. The Kier molecular flexibility index (Phi) is 2.97. The van der Waals surface area contributed by atoms with E-state index in [1.165, 1.54) is 12.1 Å². The van der Waals surface area contributed by atoms with E-state index in [9.17, 15) is 14.7 Å². The van der Waals surface area contributed by atoms with Crippen LogP contribution in [0.3, 0.4) is 0 Å². The number of nitrogens with zero attached hydrogens (tertiary/aromatic N) is 2. The van der Waals surface area contributed by atoms with Crippen LogP contribution in [0.1, 0.15) is 32.1 Å². The van der Waals surface area contributed by atoms with Gasteiger partial charge in [-0.1, -0.05) is 12.8 Å². The van der Waals surface area contributed by atoms with Gasteiger partial charge in [0.1, 0.15) is 0 Å². The maximum Gasteiger partial charge on any atom is 0.308 e. The minimum Gasteiger partial charge on any atom is -0.481 e. The van der Waals surface area contributed by atoms with Crippen molar-refractivity contribution in [3.63, 3.8) is 0 Å². The van der Waals surface area contributed by atoms with Gasteiger partial charge >= 0.3 is 5.97 Å². The molecule has 126 valence electrons. The molecule has 0 aromatic heterocycles. The summed E-state index contributed by atoms with van der Waals surface area (Å²) in [5, 5.41) is 9.63. The highest BCUT2D eigenvalue weighted by Gasteiger charge is 2.47. The lowest BCUT2D eigenvalue weighted by Gasteiger charge is -2.44. The number of rotatable bonds is 2. The summed E-state index contributed by atoms with van der Waals surface area (Å²) >= 11 is 0. The molecule has 0 radical (unpaired) electrons. The first-order valence-corrected chi connectivity index (χ1v) is 9.05. The van der Waals surface area contributed by atoms with E-state index in [0.29, 0.717) is 24.9 Å². The van der Waals surface area contributed by atoms with E-state index in [2.05, 4.69) is 28.0 Å². The molecule has 4 bridgehead atoms. The third-order valence-corrected chi connectivity index (χ3v) is 6.54. The lowest BCUT2D eigenvalue weighted by atomic mass is 9.79. The molecule has 6 aliphatic rings. The third-order valence-electron chi connectivity index (χ3n) is 6.54.